The standard InChI is InChI=1S/C17H15F6N3S/c1-3-27-15(7-6-11(9-24-15)17(21,22)23)14-25-12-8-10(16(18,19)20)4-5-13(12)26(14)2/h4-9,24H,3H2,1-2H3. The molecule has 3 rings (SSSR count). The van der Waals surface area contributed by atoms with Crippen molar-refractivity contribution in [1.82, 2.24) is 14.9 Å². The fraction of sp³-hybridized carbons (Fsp3) is 0.353. The van der Waals surface area contributed by atoms with Crippen molar-refractivity contribution in [3.63, 3.8) is 0 Å². The number of nitrogens with zero attached hydrogens (tertiary/aromatic N) is 2. The zero-order chi connectivity index (χ0) is 20.0. The molecular formula is C17H15F6N3S. The molecule has 27 heavy (non-hydrogen) atoms. The first-order chi connectivity index (χ1) is 12.5. The van der Waals surface area contributed by atoms with Gasteiger partial charge in [0.2, 0.25) is 0 Å². The Labute approximate surface area is 155 Å². The maximum Gasteiger partial charge on any atom is 0.417 e. The Balaban J connectivity index is 2.10. The highest BCUT2D eigenvalue weighted by molar-refractivity contribution is 8.00. The third-order valence-electron chi connectivity index (χ3n) is 4.18. The molecule has 2 aromatic rings. The van der Waals surface area contributed by atoms with Gasteiger partial charge in [-0.05, 0) is 36.1 Å². The molecule has 0 bridgehead atoms. The predicted octanol–water partition coefficient (Wildman–Crippen LogP) is 5.10. The van der Waals surface area contributed by atoms with Crippen molar-refractivity contribution in [3.8, 4) is 0 Å². The van der Waals surface area contributed by atoms with Gasteiger partial charge in [-0.3, -0.25) is 0 Å². The minimum Gasteiger partial charge on any atom is -0.367 e. The van der Waals surface area contributed by atoms with Crippen LogP contribution in [0.3, 0.4) is 0 Å². The fourth-order valence-electron chi connectivity index (χ4n) is 2.89. The SMILES string of the molecule is CCSC1(c2nc3cc(C(F)(F)F)ccc3n2C)C=CC(C(F)(F)F)=CN1. The summed E-state index contributed by atoms with van der Waals surface area (Å²) in [6, 6.07) is 3.20. The first kappa shape index (κ1) is 19.7. The summed E-state index contributed by atoms with van der Waals surface area (Å²) >= 11 is 1.29. The lowest BCUT2D eigenvalue weighted by atomic mass is 10.1. The number of imidazole rings is 1. The lowest BCUT2D eigenvalue weighted by Crippen LogP contribution is -2.39. The maximum absolute atomic E-state index is 13.0. The van der Waals surface area contributed by atoms with E-state index in [0.29, 0.717) is 17.1 Å². The fourth-order valence-corrected chi connectivity index (χ4v) is 3.97. The zero-order valence-electron chi connectivity index (χ0n) is 14.2. The van der Waals surface area contributed by atoms with Crippen LogP contribution in [0, 0.1) is 0 Å². The van der Waals surface area contributed by atoms with Crippen molar-refractivity contribution < 1.29 is 26.3 Å². The number of alkyl halides is 6. The van der Waals surface area contributed by atoms with Crippen molar-refractivity contribution in [2.45, 2.75) is 24.1 Å². The first-order valence-corrected chi connectivity index (χ1v) is 8.89. The van der Waals surface area contributed by atoms with Crippen LogP contribution in [-0.2, 0) is 18.1 Å². The van der Waals surface area contributed by atoms with Crippen LogP contribution in [-0.4, -0.2) is 21.5 Å². The molecule has 1 aromatic heterocycles. The number of allylic oxidation sites excluding steroid dienone is 2. The van der Waals surface area contributed by atoms with Crippen molar-refractivity contribution in [3.05, 3.63) is 53.5 Å². The summed E-state index contributed by atoms with van der Waals surface area (Å²) in [7, 11) is 1.62. The largest absolute Gasteiger partial charge is 0.417 e. The second-order valence-corrected chi connectivity index (χ2v) is 7.45. The molecule has 0 saturated carbocycles. The van der Waals surface area contributed by atoms with Gasteiger partial charge < -0.3 is 9.88 Å². The van der Waals surface area contributed by atoms with Crippen molar-refractivity contribution in [2.24, 2.45) is 7.05 Å². The molecule has 3 nitrogen and oxygen atoms in total. The average Bonchev–Trinajstić information content (AvgIpc) is 2.91. The van der Waals surface area contributed by atoms with E-state index >= 15 is 0 Å². The van der Waals surface area contributed by atoms with Gasteiger partial charge in [-0.1, -0.05) is 6.92 Å². The Kier molecular flexibility index (Phi) is 4.73. The summed E-state index contributed by atoms with van der Waals surface area (Å²) in [5, 5.41) is 2.74. The number of hydrogen-bond donors (Lipinski definition) is 1. The molecule has 2 heterocycles. The average molecular weight is 407 g/mol. The molecule has 0 radical (unpaired) electrons. The van der Waals surface area contributed by atoms with Crippen LogP contribution in [0.5, 0.6) is 0 Å². The Morgan fingerprint density at radius 1 is 1.15 bits per heavy atom. The number of nitrogens with one attached hydrogen (secondary N) is 1. The van der Waals surface area contributed by atoms with Gasteiger partial charge in [-0.2, -0.15) is 26.3 Å². The number of dihydropyridines is 1. The summed E-state index contributed by atoms with van der Waals surface area (Å²) in [5.74, 6) is 0.862. The van der Waals surface area contributed by atoms with E-state index in [-0.39, 0.29) is 5.52 Å². The normalized spacial score (nSPS) is 20.7. The van der Waals surface area contributed by atoms with Gasteiger partial charge >= 0.3 is 12.4 Å². The second kappa shape index (κ2) is 6.50. The highest BCUT2D eigenvalue weighted by Gasteiger charge is 2.40. The number of rotatable bonds is 3. The predicted molar refractivity (Wildman–Crippen MR) is 91.9 cm³/mol. The number of aromatic nitrogens is 2. The van der Waals surface area contributed by atoms with Crippen LogP contribution >= 0.6 is 11.8 Å². The Morgan fingerprint density at radius 3 is 2.37 bits per heavy atom. The number of hydrogen-bond acceptors (Lipinski definition) is 3. The van der Waals surface area contributed by atoms with Crippen LogP contribution in [0.25, 0.3) is 11.0 Å². The van der Waals surface area contributed by atoms with Gasteiger partial charge in [0.25, 0.3) is 0 Å². The van der Waals surface area contributed by atoms with Crippen LogP contribution in [0.1, 0.15) is 18.3 Å². The molecule has 0 amide bonds. The van der Waals surface area contributed by atoms with E-state index in [2.05, 4.69) is 10.3 Å². The minimum absolute atomic E-state index is 0.124. The molecular weight excluding hydrogens is 392 g/mol. The third-order valence-corrected chi connectivity index (χ3v) is 5.36. The Hall–Kier alpha value is -2.10. The Bertz CT molecular complexity index is 925. The lowest BCUT2D eigenvalue weighted by Gasteiger charge is -2.33. The number of aryl methyl sites for hydroxylation is 1. The van der Waals surface area contributed by atoms with E-state index in [1.54, 1.807) is 11.6 Å². The Morgan fingerprint density at radius 2 is 1.85 bits per heavy atom. The summed E-state index contributed by atoms with van der Waals surface area (Å²) in [6.45, 7) is 1.83. The van der Waals surface area contributed by atoms with Crippen LogP contribution in [0.4, 0.5) is 26.3 Å². The van der Waals surface area contributed by atoms with E-state index in [0.717, 1.165) is 24.4 Å². The van der Waals surface area contributed by atoms with Gasteiger partial charge in [-0.25, -0.2) is 4.98 Å². The molecule has 146 valence electrons. The molecule has 1 N–H and O–H groups in total. The molecule has 1 aromatic carbocycles. The number of benzene rings is 1. The van der Waals surface area contributed by atoms with Gasteiger partial charge in [0.05, 0.1) is 22.2 Å². The molecule has 1 unspecified atom stereocenters. The van der Waals surface area contributed by atoms with Gasteiger partial charge in [0.15, 0.2) is 4.87 Å². The molecule has 0 aliphatic carbocycles. The highest BCUT2D eigenvalue weighted by atomic mass is 32.2. The van der Waals surface area contributed by atoms with Crippen LogP contribution < -0.4 is 5.32 Å². The summed E-state index contributed by atoms with van der Waals surface area (Å²) in [5.41, 5.74) is -1.09. The van der Waals surface area contributed by atoms with Crippen molar-refractivity contribution >= 4 is 22.8 Å². The molecule has 0 fully saturated rings. The molecule has 1 aliphatic rings. The van der Waals surface area contributed by atoms with Gasteiger partial charge in [0, 0.05) is 13.2 Å². The number of fused-ring (bicyclic) bond motifs is 1. The maximum atomic E-state index is 13.0. The molecule has 0 spiro atoms. The van der Waals surface area contributed by atoms with Crippen molar-refractivity contribution in [1.29, 1.82) is 0 Å². The first-order valence-electron chi connectivity index (χ1n) is 7.90. The van der Waals surface area contributed by atoms with E-state index in [4.69, 9.17) is 0 Å². The van der Waals surface area contributed by atoms with Crippen LogP contribution in [0.15, 0.2) is 42.1 Å². The van der Waals surface area contributed by atoms with Crippen molar-refractivity contribution in [2.75, 3.05) is 5.75 Å². The summed E-state index contributed by atoms with van der Waals surface area (Å²) < 4.78 is 79.1. The minimum atomic E-state index is -4.50. The van der Waals surface area contributed by atoms with Gasteiger partial charge in [0.1, 0.15) is 5.82 Å². The number of halogens is 6. The third kappa shape index (κ3) is 3.54. The zero-order valence-corrected chi connectivity index (χ0v) is 15.1. The quantitative estimate of drug-likeness (QED) is 0.718. The van der Waals surface area contributed by atoms with Crippen LogP contribution in [0.2, 0.25) is 0 Å². The molecule has 0 saturated heterocycles. The monoisotopic (exact) mass is 407 g/mol. The highest BCUT2D eigenvalue weighted by Crippen LogP contribution is 2.41. The van der Waals surface area contributed by atoms with E-state index in [1.807, 2.05) is 6.92 Å². The molecule has 10 heteroatoms. The second-order valence-electron chi connectivity index (χ2n) is 5.94. The molecule has 1 atom stereocenters. The summed E-state index contributed by atoms with van der Waals surface area (Å²) in [4.78, 5) is 3.19. The number of thioether (sulfide) groups is 1. The summed E-state index contributed by atoms with van der Waals surface area (Å²) in [6.07, 6.45) is -5.84. The van der Waals surface area contributed by atoms with Gasteiger partial charge in [-0.15, -0.1) is 11.8 Å². The van der Waals surface area contributed by atoms with E-state index < -0.39 is 28.4 Å². The molecule has 1 aliphatic heterocycles. The topological polar surface area (TPSA) is 29.9 Å². The van der Waals surface area contributed by atoms with E-state index in [9.17, 15) is 26.3 Å². The van der Waals surface area contributed by atoms with E-state index in [1.165, 1.54) is 23.9 Å². The smallest absolute Gasteiger partial charge is 0.367 e. The lowest BCUT2D eigenvalue weighted by molar-refractivity contribution is -0.137.